The van der Waals surface area contributed by atoms with Gasteiger partial charge in [0.25, 0.3) is 11.8 Å². The number of halogens is 1. The number of fused-ring (bicyclic) bond motifs is 1. The average Bonchev–Trinajstić information content (AvgIpc) is 3.03. The zero-order valence-electron chi connectivity index (χ0n) is 15.6. The molecule has 2 aromatic rings. The van der Waals surface area contributed by atoms with Gasteiger partial charge < -0.3 is 9.47 Å². The molecule has 1 unspecified atom stereocenters. The number of carbonyl (C=O) groups excluding carboxylic acids is 2. The largest absolute Gasteiger partial charge is 0.493 e. The van der Waals surface area contributed by atoms with Gasteiger partial charge >= 0.3 is 0 Å². The highest BCUT2D eigenvalue weighted by Gasteiger charge is 2.21. The SMILES string of the molecule is CCOc1cc2c(cc1/C=C/C(=O)NNC(=O)c1ccccc1Cl)OC(C)C2. The van der Waals surface area contributed by atoms with Crippen molar-refractivity contribution in [2.75, 3.05) is 6.61 Å². The third-order valence-corrected chi connectivity index (χ3v) is 4.49. The van der Waals surface area contributed by atoms with Crippen molar-refractivity contribution in [3.63, 3.8) is 0 Å². The molecule has 7 heteroatoms. The van der Waals surface area contributed by atoms with E-state index >= 15 is 0 Å². The summed E-state index contributed by atoms with van der Waals surface area (Å²) in [5, 5.41) is 0.304. The Hall–Kier alpha value is -2.99. The minimum absolute atomic E-state index is 0.118. The summed E-state index contributed by atoms with van der Waals surface area (Å²) < 4.78 is 11.4. The number of rotatable bonds is 5. The highest BCUT2D eigenvalue weighted by molar-refractivity contribution is 6.33. The second-order valence-corrected chi connectivity index (χ2v) is 6.73. The van der Waals surface area contributed by atoms with E-state index in [0.717, 1.165) is 23.3 Å². The Labute approximate surface area is 168 Å². The molecule has 1 atom stereocenters. The van der Waals surface area contributed by atoms with Gasteiger partial charge in [-0.2, -0.15) is 0 Å². The number of hydrogen-bond acceptors (Lipinski definition) is 4. The Morgan fingerprint density at radius 1 is 1.29 bits per heavy atom. The maximum atomic E-state index is 12.1. The van der Waals surface area contributed by atoms with Gasteiger partial charge in [0.2, 0.25) is 0 Å². The molecule has 146 valence electrons. The summed E-state index contributed by atoms with van der Waals surface area (Å²) in [6.45, 7) is 4.41. The van der Waals surface area contributed by atoms with Gasteiger partial charge in [0, 0.05) is 23.6 Å². The molecule has 0 bridgehead atoms. The normalized spacial score (nSPS) is 15.0. The molecule has 2 amide bonds. The van der Waals surface area contributed by atoms with Gasteiger partial charge in [-0.1, -0.05) is 23.7 Å². The van der Waals surface area contributed by atoms with E-state index in [9.17, 15) is 9.59 Å². The number of hydrogen-bond donors (Lipinski definition) is 2. The van der Waals surface area contributed by atoms with Crippen LogP contribution in [0.3, 0.4) is 0 Å². The van der Waals surface area contributed by atoms with Crippen LogP contribution in [0.2, 0.25) is 5.02 Å². The summed E-state index contributed by atoms with van der Waals surface area (Å²) >= 11 is 5.97. The molecule has 0 saturated heterocycles. The van der Waals surface area contributed by atoms with Crippen LogP contribution in [0.5, 0.6) is 11.5 Å². The Morgan fingerprint density at radius 3 is 2.82 bits per heavy atom. The van der Waals surface area contributed by atoms with Crippen LogP contribution >= 0.6 is 11.6 Å². The molecule has 0 aromatic heterocycles. The van der Waals surface area contributed by atoms with Gasteiger partial charge in [0.05, 0.1) is 17.2 Å². The van der Waals surface area contributed by atoms with E-state index in [4.69, 9.17) is 21.1 Å². The lowest BCUT2D eigenvalue weighted by molar-refractivity contribution is -0.117. The number of ether oxygens (including phenoxy) is 2. The van der Waals surface area contributed by atoms with Crippen molar-refractivity contribution >= 4 is 29.5 Å². The van der Waals surface area contributed by atoms with Crippen LogP contribution in [0.15, 0.2) is 42.5 Å². The predicted molar refractivity (Wildman–Crippen MR) is 107 cm³/mol. The molecule has 0 spiro atoms. The first-order valence-corrected chi connectivity index (χ1v) is 9.35. The Balaban J connectivity index is 1.66. The van der Waals surface area contributed by atoms with Gasteiger partial charge in [0.15, 0.2) is 0 Å². The standard InChI is InChI=1S/C21H21ClN2O4/c1-3-27-18-12-15-10-13(2)28-19(15)11-14(18)8-9-20(25)23-24-21(26)16-6-4-5-7-17(16)22/h4-9,11-13H,3,10H2,1-2H3,(H,23,25)(H,24,26)/b9-8+. The molecule has 0 saturated carbocycles. The highest BCUT2D eigenvalue weighted by Crippen LogP contribution is 2.35. The minimum atomic E-state index is -0.498. The lowest BCUT2D eigenvalue weighted by atomic mass is 10.1. The van der Waals surface area contributed by atoms with Crippen molar-refractivity contribution in [1.82, 2.24) is 10.9 Å². The molecule has 1 aliphatic rings. The van der Waals surface area contributed by atoms with Crippen molar-refractivity contribution in [2.45, 2.75) is 26.4 Å². The molecule has 28 heavy (non-hydrogen) atoms. The van der Waals surface area contributed by atoms with E-state index in [-0.39, 0.29) is 11.7 Å². The summed E-state index contributed by atoms with van der Waals surface area (Å²) in [5.41, 5.74) is 6.75. The highest BCUT2D eigenvalue weighted by atomic mass is 35.5. The monoisotopic (exact) mass is 400 g/mol. The van der Waals surface area contributed by atoms with Gasteiger partial charge in [0.1, 0.15) is 17.6 Å². The van der Waals surface area contributed by atoms with Crippen LogP contribution in [0.1, 0.15) is 35.3 Å². The van der Waals surface area contributed by atoms with E-state index < -0.39 is 11.8 Å². The van der Waals surface area contributed by atoms with Crippen molar-refractivity contribution in [3.8, 4) is 11.5 Å². The van der Waals surface area contributed by atoms with Crippen LogP contribution in [-0.4, -0.2) is 24.5 Å². The lowest BCUT2D eigenvalue weighted by Gasteiger charge is -2.10. The van der Waals surface area contributed by atoms with Crippen LogP contribution < -0.4 is 20.3 Å². The van der Waals surface area contributed by atoms with Gasteiger partial charge in [-0.3, -0.25) is 20.4 Å². The fourth-order valence-corrected chi connectivity index (χ4v) is 3.13. The molecule has 6 nitrogen and oxygen atoms in total. The molecular weight excluding hydrogens is 380 g/mol. The molecule has 0 aliphatic carbocycles. The number of amides is 2. The molecule has 1 aliphatic heterocycles. The number of benzene rings is 2. The maximum Gasteiger partial charge on any atom is 0.271 e. The third-order valence-electron chi connectivity index (χ3n) is 4.16. The Morgan fingerprint density at radius 2 is 2.07 bits per heavy atom. The average molecular weight is 401 g/mol. The van der Waals surface area contributed by atoms with Gasteiger partial charge in [-0.25, -0.2) is 0 Å². The van der Waals surface area contributed by atoms with Crippen LogP contribution in [0.25, 0.3) is 6.08 Å². The summed E-state index contributed by atoms with van der Waals surface area (Å²) in [6.07, 6.45) is 3.88. The minimum Gasteiger partial charge on any atom is -0.493 e. The van der Waals surface area contributed by atoms with Crippen LogP contribution in [0.4, 0.5) is 0 Å². The Bertz CT molecular complexity index is 927. The maximum absolute atomic E-state index is 12.1. The molecule has 0 fully saturated rings. The van der Waals surface area contributed by atoms with Gasteiger partial charge in [-0.05, 0) is 44.2 Å². The smallest absolute Gasteiger partial charge is 0.271 e. The number of carbonyl (C=O) groups is 2. The van der Waals surface area contributed by atoms with Crippen LogP contribution in [0, 0.1) is 0 Å². The summed E-state index contributed by atoms with van der Waals surface area (Å²) in [7, 11) is 0. The molecular formula is C21H21ClN2O4. The van der Waals surface area contributed by atoms with Crippen molar-refractivity contribution in [2.24, 2.45) is 0 Å². The van der Waals surface area contributed by atoms with E-state index in [1.54, 1.807) is 30.3 Å². The molecule has 1 heterocycles. The second kappa shape index (κ2) is 8.80. The van der Waals surface area contributed by atoms with E-state index in [1.165, 1.54) is 6.08 Å². The van der Waals surface area contributed by atoms with Crippen molar-refractivity contribution < 1.29 is 19.1 Å². The second-order valence-electron chi connectivity index (χ2n) is 6.32. The zero-order valence-corrected chi connectivity index (χ0v) is 16.4. The molecule has 2 N–H and O–H groups in total. The first kappa shape index (κ1) is 19.8. The molecule has 0 radical (unpaired) electrons. The quantitative estimate of drug-likeness (QED) is 0.594. The lowest BCUT2D eigenvalue weighted by Crippen LogP contribution is -2.40. The van der Waals surface area contributed by atoms with E-state index in [0.29, 0.717) is 17.4 Å². The first-order valence-electron chi connectivity index (χ1n) is 8.97. The third kappa shape index (κ3) is 4.64. The van der Waals surface area contributed by atoms with Gasteiger partial charge in [-0.15, -0.1) is 0 Å². The number of nitrogens with one attached hydrogen (secondary N) is 2. The summed E-state index contributed by atoms with van der Waals surface area (Å²) in [6, 6.07) is 10.4. The topological polar surface area (TPSA) is 76.7 Å². The fraction of sp³-hybridized carbons (Fsp3) is 0.238. The first-order chi connectivity index (χ1) is 13.5. The summed E-state index contributed by atoms with van der Waals surface area (Å²) in [4.78, 5) is 24.1. The predicted octanol–water partition coefficient (Wildman–Crippen LogP) is 3.54. The Kier molecular flexibility index (Phi) is 6.21. The molecule has 3 rings (SSSR count). The van der Waals surface area contributed by atoms with Crippen molar-refractivity contribution in [3.05, 3.63) is 64.2 Å². The molecule has 2 aromatic carbocycles. The van der Waals surface area contributed by atoms with E-state index in [2.05, 4.69) is 10.9 Å². The van der Waals surface area contributed by atoms with E-state index in [1.807, 2.05) is 26.0 Å². The van der Waals surface area contributed by atoms with Crippen LogP contribution in [-0.2, 0) is 11.2 Å². The fourth-order valence-electron chi connectivity index (χ4n) is 2.90. The summed E-state index contributed by atoms with van der Waals surface area (Å²) in [5.74, 6) is 0.492. The number of hydrazine groups is 1. The zero-order chi connectivity index (χ0) is 20.1. The van der Waals surface area contributed by atoms with Crippen molar-refractivity contribution in [1.29, 1.82) is 0 Å².